The third-order valence-electron chi connectivity index (χ3n) is 2.95. The van der Waals surface area contributed by atoms with Crippen molar-refractivity contribution in [1.29, 1.82) is 0 Å². The molecule has 6 heteroatoms. The topological polar surface area (TPSA) is 55.1 Å². The van der Waals surface area contributed by atoms with Gasteiger partial charge in [-0.2, -0.15) is 0 Å². The number of anilines is 2. The van der Waals surface area contributed by atoms with E-state index < -0.39 is 29.0 Å². The SMILES string of the molecule is Nc1ccccc1CCC(=O)Nc1c(F)cc(F)cc1F. The first kappa shape index (κ1) is 14.9. The fraction of sp³-hybridized carbons (Fsp3) is 0.133. The van der Waals surface area contributed by atoms with Crippen LogP contribution in [0.5, 0.6) is 0 Å². The summed E-state index contributed by atoms with van der Waals surface area (Å²) in [4.78, 5) is 11.7. The molecule has 0 aliphatic heterocycles. The molecule has 110 valence electrons. The Labute approximate surface area is 119 Å². The molecule has 0 heterocycles. The van der Waals surface area contributed by atoms with Crippen LogP contribution in [0.1, 0.15) is 12.0 Å². The van der Waals surface area contributed by atoms with Crippen LogP contribution in [-0.2, 0) is 11.2 Å². The van der Waals surface area contributed by atoms with Crippen LogP contribution in [0.15, 0.2) is 36.4 Å². The summed E-state index contributed by atoms with van der Waals surface area (Å²) in [5.74, 6) is -3.93. The van der Waals surface area contributed by atoms with E-state index in [1.165, 1.54) is 0 Å². The van der Waals surface area contributed by atoms with Gasteiger partial charge in [-0.05, 0) is 18.1 Å². The molecule has 0 aliphatic rings. The van der Waals surface area contributed by atoms with Crippen molar-refractivity contribution in [3.63, 3.8) is 0 Å². The predicted molar refractivity (Wildman–Crippen MR) is 74.1 cm³/mol. The van der Waals surface area contributed by atoms with Gasteiger partial charge in [-0.15, -0.1) is 0 Å². The molecule has 21 heavy (non-hydrogen) atoms. The Morgan fingerprint density at radius 3 is 2.33 bits per heavy atom. The van der Waals surface area contributed by atoms with Gasteiger partial charge in [0, 0.05) is 24.2 Å². The highest BCUT2D eigenvalue weighted by Gasteiger charge is 2.14. The quantitative estimate of drug-likeness (QED) is 0.850. The number of carbonyl (C=O) groups is 1. The number of carbonyl (C=O) groups excluding carboxylic acids is 1. The minimum atomic E-state index is -1.15. The van der Waals surface area contributed by atoms with Crippen molar-refractivity contribution >= 4 is 17.3 Å². The molecular weight excluding hydrogens is 281 g/mol. The first-order valence-corrected chi connectivity index (χ1v) is 6.25. The van der Waals surface area contributed by atoms with Crippen LogP contribution in [0.2, 0.25) is 0 Å². The number of hydrogen-bond donors (Lipinski definition) is 2. The maximum absolute atomic E-state index is 13.4. The van der Waals surface area contributed by atoms with Crippen LogP contribution < -0.4 is 11.1 Å². The van der Waals surface area contributed by atoms with Crippen LogP contribution in [0.3, 0.4) is 0 Å². The zero-order valence-corrected chi connectivity index (χ0v) is 11.0. The lowest BCUT2D eigenvalue weighted by Crippen LogP contribution is -2.15. The second kappa shape index (κ2) is 6.30. The Balaban J connectivity index is 2.01. The Hall–Kier alpha value is -2.50. The summed E-state index contributed by atoms with van der Waals surface area (Å²) in [6.07, 6.45) is 0.341. The number of benzene rings is 2. The molecule has 2 rings (SSSR count). The molecule has 2 aromatic rings. The molecular formula is C15H13F3N2O. The molecule has 0 aliphatic carbocycles. The van der Waals surface area contributed by atoms with E-state index in [0.717, 1.165) is 5.56 Å². The minimum Gasteiger partial charge on any atom is -0.399 e. The van der Waals surface area contributed by atoms with Gasteiger partial charge in [-0.3, -0.25) is 4.79 Å². The Morgan fingerprint density at radius 2 is 1.71 bits per heavy atom. The smallest absolute Gasteiger partial charge is 0.224 e. The number of nitrogen functional groups attached to an aromatic ring is 1. The highest BCUT2D eigenvalue weighted by molar-refractivity contribution is 5.91. The van der Waals surface area contributed by atoms with Crippen molar-refractivity contribution in [2.75, 3.05) is 11.1 Å². The monoisotopic (exact) mass is 294 g/mol. The van der Waals surface area contributed by atoms with Gasteiger partial charge in [0.2, 0.25) is 5.91 Å². The van der Waals surface area contributed by atoms with Gasteiger partial charge in [-0.25, -0.2) is 13.2 Å². The predicted octanol–water partition coefficient (Wildman–Crippen LogP) is 3.26. The number of rotatable bonds is 4. The highest BCUT2D eigenvalue weighted by Crippen LogP contribution is 2.21. The van der Waals surface area contributed by atoms with Gasteiger partial charge < -0.3 is 11.1 Å². The van der Waals surface area contributed by atoms with Gasteiger partial charge in [0.15, 0.2) is 11.6 Å². The lowest BCUT2D eigenvalue weighted by molar-refractivity contribution is -0.116. The molecule has 2 aromatic carbocycles. The largest absolute Gasteiger partial charge is 0.399 e. The zero-order chi connectivity index (χ0) is 15.4. The van der Waals surface area contributed by atoms with Gasteiger partial charge >= 0.3 is 0 Å². The summed E-state index contributed by atoms with van der Waals surface area (Å²) in [5, 5.41) is 2.10. The number of amides is 1. The normalized spacial score (nSPS) is 10.4. The zero-order valence-electron chi connectivity index (χ0n) is 11.0. The van der Waals surface area contributed by atoms with Crippen LogP contribution in [0.25, 0.3) is 0 Å². The standard InChI is InChI=1S/C15H13F3N2O/c16-10-7-11(17)15(12(18)8-10)20-14(21)6-5-9-3-1-2-4-13(9)19/h1-4,7-8H,5-6,19H2,(H,20,21). The summed E-state index contributed by atoms with van der Waals surface area (Å²) in [6, 6.07) is 8.03. The third kappa shape index (κ3) is 3.75. The summed E-state index contributed by atoms with van der Waals surface area (Å²) in [6.45, 7) is 0. The fourth-order valence-corrected chi connectivity index (χ4v) is 1.87. The summed E-state index contributed by atoms with van der Waals surface area (Å²) in [5.41, 5.74) is 6.40. The molecule has 1 amide bonds. The Bertz CT molecular complexity index is 651. The maximum Gasteiger partial charge on any atom is 0.224 e. The van der Waals surface area contributed by atoms with Crippen molar-refractivity contribution < 1.29 is 18.0 Å². The number of halogens is 3. The maximum atomic E-state index is 13.4. The van der Waals surface area contributed by atoms with E-state index >= 15 is 0 Å². The Morgan fingerprint density at radius 1 is 1.10 bits per heavy atom. The first-order valence-electron chi connectivity index (χ1n) is 6.25. The van der Waals surface area contributed by atoms with Crippen molar-refractivity contribution in [1.82, 2.24) is 0 Å². The molecule has 0 bridgehead atoms. The second-order valence-corrected chi connectivity index (χ2v) is 4.49. The highest BCUT2D eigenvalue weighted by atomic mass is 19.1. The lowest BCUT2D eigenvalue weighted by Gasteiger charge is -2.08. The Kier molecular flexibility index (Phi) is 4.47. The number of aryl methyl sites for hydroxylation is 1. The van der Waals surface area contributed by atoms with E-state index in [2.05, 4.69) is 5.32 Å². The van der Waals surface area contributed by atoms with Gasteiger partial charge in [0.25, 0.3) is 0 Å². The molecule has 0 unspecified atom stereocenters. The second-order valence-electron chi connectivity index (χ2n) is 4.49. The third-order valence-corrected chi connectivity index (χ3v) is 2.95. The number of nitrogens with one attached hydrogen (secondary N) is 1. The summed E-state index contributed by atoms with van der Waals surface area (Å²) in [7, 11) is 0. The van der Waals surface area contributed by atoms with Crippen molar-refractivity contribution in [2.24, 2.45) is 0 Å². The molecule has 0 spiro atoms. The number of hydrogen-bond acceptors (Lipinski definition) is 2. The van der Waals surface area contributed by atoms with E-state index in [1.807, 2.05) is 0 Å². The van der Waals surface area contributed by atoms with Gasteiger partial charge in [0.05, 0.1) is 0 Å². The van der Waals surface area contributed by atoms with Crippen molar-refractivity contribution in [3.05, 3.63) is 59.4 Å². The molecule has 0 atom stereocenters. The van der Waals surface area contributed by atoms with Crippen molar-refractivity contribution in [2.45, 2.75) is 12.8 Å². The number of nitrogens with two attached hydrogens (primary N) is 1. The van der Waals surface area contributed by atoms with Gasteiger partial charge in [-0.1, -0.05) is 18.2 Å². The van der Waals surface area contributed by atoms with E-state index in [-0.39, 0.29) is 6.42 Å². The molecule has 3 nitrogen and oxygen atoms in total. The fourth-order valence-electron chi connectivity index (χ4n) is 1.87. The van der Waals surface area contributed by atoms with E-state index in [1.54, 1.807) is 24.3 Å². The van der Waals surface area contributed by atoms with Crippen LogP contribution in [0, 0.1) is 17.5 Å². The average Bonchev–Trinajstić information content (AvgIpc) is 2.42. The molecule has 0 saturated carbocycles. The van der Waals surface area contributed by atoms with Gasteiger partial charge in [0.1, 0.15) is 11.5 Å². The summed E-state index contributed by atoms with van der Waals surface area (Å²) < 4.78 is 39.5. The minimum absolute atomic E-state index is 0.00443. The molecule has 0 fully saturated rings. The molecule has 3 N–H and O–H groups in total. The molecule has 0 radical (unpaired) electrons. The average molecular weight is 294 g/mol. The summed E-state index contributed by atoms with van der Waals surface area (Å²) >= 11 is 0. The molecule has 0 saturated heterocycles. The molecule has 0 aromatic heterocycles. The van der Waals surface area contributed by atoms with Crippen LogP contribution in [0.4, 0.5) is 24.5 Å². The lowest BCUT2D eigenvalue weighted by atomic mass is 10.1. The van der Waals surface area contributed by atoms with E-state index in [0.29, 0.717) is 24.2 Å². The van der Waals surface area contributed by atoms with Crippen LogP contribution >= 0.6 is 0 Å². The number of para-hydroxylation sites is 1. The van der Waals surface area contributed by atoms with Crippen LogP contribution in [-0.4, -0.2) is 5.91 Å². The van der Waals surface area contributed by atoms with E-state index in [9.17, 15) is 18.0 Å². The first-order chi connectivity index (χ1) is 9.97. The van der Waals surface area contributed by atoms with Crippen molar-refractivity contribution in [3.8, 4) is 0 Å². The van der Waals surface area contributed by atoms with E-state index in [4.69, 9.17) is 5.73 Å².